The normalized spacial score (nSPS) is 18.3. The maximum Gasteiger partial charge on any atom is 0.243 e. The van der Waals surface area contributed by atoms with Crippen LogP contribution in [0.15, 0.2) is 91.5 Å². The number of hydrogen-bond acceptors (Lipinski definition) is 1. The van der Waals surface area contributed by atoms with Crippen molar-refractivity contribution in [2.45, 2.75) is 24.8 Å². The minimum atomic E-state index is -0.113. The van der Waals surface area contributed by atoms with Crippen LogP contribution in [-0.2, 0) is 4.79 Å². The smallest absolute Gasteiger partial charge is 0.243 e. The van der Waals surface area contributed by atoms with Gasteiger partial charge in [-0.15, -0.1) is 0 Å². The fourth-order valence-corrected chi connectivity index (χ4v) is 4.67. The Hall–Kier alpha value is -3.39. The summed E-state index contributed by atoms with van der Waals surface area (Å²) in [4.78, 5) is 12.0. The van der Waals surface area contributed by atoms with E-state index in [0.717, 1.165) is 12.8 Å². The molecular formula is C27H23NO. The second-order valence-corrected chi connectivity index (χ2v) is 7.83. The average Bonchev–Trinajstić information content (AvgIpc) is 2.77. The molecule has 0 fully saturated rings. The highest BCUT2D eigenvalue weighted by Crippen LogP contribution is 2.43. The first-order valence-electron chi connectivity index (χ1n) is 10.2. The zero-order chi connectivity index (χ0) is 19.8. The molecule has 0 saturated carbocycles. The van der Waals surface area contributed by atoms with Gasteiger partial charge in [0.05, 0.1) is 6.04 Å². The maximum atomic E-state index is 12.0. The van der Waals surface area contributed by atoms with E-state index in [1.165, 1.54) is 44.3 Å². The van der Waals surface area contributed by atoms with Crippen molar-refractivity contribution in [2.75, 3.05) is 0 Å². The zero-order valence-corrected chi connectivity index (χ0v) is 16.3. The van der Waals surface area contributed by atoms with Crippen LogP contribution in [0.3, 0.4) is 0 Å². The lowest BCUT2D eigenvalue weighted by molar-refractivity contribution is -0.117. The topological polar surface area (TPSA) is 29.1 Å². The second-order valence-electron chi connectivity index (χ2n) is 7.83. The molecule has 0 bridgehead atoms. The van der Waals surface area contributed by atoms with Crippen LogP contribution in [0.2, 0.25) is 0 Å². The zero-order valence-electron chi connectivity index (χ0n) is 16.3. The number of carbonyl (C=O) groups excluding carboxylic acids is 1. The average molecular weight is 377 g/mol. The molecule has 1 aliphatic carbocycles. The Labute approximate surface area is 170 Å². The van der Waals surface area contributed by atoms with Gasteiger partial charge < -0.3 is 5.32 Å². The van der Waals surface area contributed by atoms with Crippen molar-refractivity contribution in [3.8, 4) is 0 Å². The predicted octanol–water partition coefficient (Wildman–Crippen LogP) is 6.26. The molecule has 5 rings (SSSR count). The van der Waals surface area contributed by atoms with E-state index in [1.54, 1.807) is 0 Å². The van der Waals surface area contributed by atoms with Gasteiger partial charge in [0.2, 0.25) is 5.91 Å². The molecule has 4 aromatic rings. The van der Waals surface area contributed by atoms with Crippen molar-refractivity contribution < 1.29 is 4.79 Å². The van der Waals surface area contributed by atoms with Gasteiger partial charge >= 0.3 is 0 Å². The monoisotopic (exact) mass is 377 g/mol. The quantitative estimate of drug-likeness (QED) is 0.419. The van der Waals surface area contributed by atoms with Crippen molar-refractivity contribution in [3.63, 3.8) is 0 Å². The van der Waals surface area contributed by atoms with Gasteiger partial charge in [0, 0.05) is 5.92 Å². The summed E-state index contributed by atoms with van der Waals surface area (Å²) in [6.45, 7) is 3.61. The first-order valence-corrected chi connectivity index (χ1v) is 10.2. The van der Waals surface area contributed by atoms with Gasteiger partial charge in [-0.2, -0.15) is 0 Å². The lowest BCUT2D eigenvalue weighted by Gasteiger charge is -2.33. The number of amides is 1. The van der Waals surface area contributed by atoms with Crippen LogP contribution < -0.4 is 5.32 Å². The fourth-order valence-electron chi connectivity index (χ4n) is 4.67. The van der Waals surface area contributed by atoms with Gasteiger partial charge in [0.15, 0.2) is 0 Å². The molecular weight excluding hydrogens is 354 g/mol. The van der Waals surface area contributed by atoms with E-state index in [1.807, 2.05) is 0 Å². The molecule has 0 heterocycles. The number of benzene rings is 4. The van der Waals surface area contributed by atoms with Crippen LogP contribution in [0.5, 0.6) is 0 Å². The Morgan fingerprint density at radius 1 is 0.793 bits per heavy atom. The third-order valence-electron chi connectivity index (χ3n) is 6.12. The highest BCUT2D eigenvalue weighted by molar-refractivity contribution is 5.88. The number of rotatable bonds is 3. The summed E-state index contributed by atoms with van der Waals surface area (Å²) in [5, 5.41) is 8.13. The Bertz CT molecular complexity index is 1240. The number of fused-ring (bicyclic) bond motifs is 3. The van der Waals surface area contributed by atoms with Crippen LogP contribution in [0, 0.1) is 0 Å². The van der Waals surface area contributed by atoms with Gasteiger partial charge in [0.1, 0.15) is 0 Å². The van der Waals surface area contributed by atoms with Crippen LogP contribution in [0.1, 0.15) is 41.5 Å². The van der Waals surface area contributed by atoms with Gasteiger partial charge in [0.25, 0.3) is 0 Å². The summed E-state index contributed by atoms with van der Waals surface area (Å²) >= 11 is 0. The third-order valence-corrected chi connectivity index (χ3v) is 6.12. The molecule has 29 heavy (non-hydrogen) atoms. The molecule has 0 aromatic heterocycles. The SMILES string of the molecule is C=CC(=O)N[C@H]1CC[C@H](c2ccc3ccccc3c2)c2cc3ccccc3cc21. The van der Waals surface area contributed by atoms with Gasteiger partial charge in [-0.3, -0.25) is 4.79 Å². The second kappa shape index (κ2) is 7.21. The highest BCUT2D eigenvalue weighted by atomic mass is 16.1. The van der Waals surface area contributed by atoms with Crippen molar-refractivity contribution >= 4 is 27.5 Å². The molecule has 142 valence electrons. The van der Waals surface area contributed by atoms with E-state index in [-0.39, 0.29) is 11.9 Å². The van der Waals surface area contributed by atoms with Crippen molar-refractivity contribution in [1.29, 1.82) is 0 Å². The molecule has 0 aliphatic heterocycles. The van der Waals surface area contributed by atoms with Gasteiger partial charge in [-0.25, -0.2) is 0 Å². The molecule has 2 atom stereocenters. The maximum absolute atomic E-state index is 12.0. The van der Waals surface area contributed by atoms with Crippen molar-refractivity contribution in [3.05, 3.63) is 108 Å². The summed E-state index contributed by atoms with van der Waals surface area (Å²) in [5.74, 6) is 0.217. The lowest BCUT2D eigenvalue weighted by atomic mass is 9.75. The summed E-state index contributed by atoms with van der Waals surface area (Å²) < 4.78 is 0. The summed E-state index contributed by atoms with van der Waals surface area (Å²) in [5.41, 5.74) is 3.89. The van der Waals surface area contributed by atoms with Crippen LogP contribution in [0.25, 0.3) is 21.5 Å². The van der Waals surface area contributed by atoms with E-state index in [9.17, 15) is 4.79 Å². The van der Waals surface area contributed by atoms with E-state index in [2.05, 4.69) is 90.8 Å². The molecule has 1 amide bonds. The lowest BCUT2D eigenvalue weighted by Crippen LogP contribution is -2.30. The van der Waals surface area contributed by atoms with Gasteiger partial charge in [-0.05, 0) is 63.2 Å². The molecule has 0 saturated heterocycles. The molecule has 0 radical (unpaired) electrons. The molecule has 4 aromatic carbocycles. The molecule has 1 N–H and O–H groups in total. The fraction of sp³-hybridized carbons (Fsp3) is 0.148. The predicted molar refractivity (Wildman–Crippen MR) is 120 cm³/mol. The number of nitrogens with one attached hydrogen (secondary N) is 1. The summed E-state index contributed by atoms with van der Waals surface area (Å²) in [6.07, 6.45) is 3.28. The van der Waals surface area contributed by atoms with E-state index in [0.29, 0.717) is 5.92 Å². The van der Waals surface area contributed by atoms with Crippen LogP contribution >= 0.6 is 0 Å². The summed E-state index contributed by atoms with van der Waals surface area (Å²) in [6, 6.07) is 28.4. The first kappa shape index (κ1) is 17.7. The molecule has 2 heteroatoms. The van der Waals surface area contributed by atoms with Crippen molar-refractivity contribution in [1.82, 2.24) is 5.32 Å². The largest absolute Gasteiger partial charge is 0.346 e. The highest BCUT2D eigenvalue weighted by Gasteiger charge is 2.29. The Morgan fingerprint density at radius 3 is 2.10 bits per heavy atom. The summed E-state index contributed by atoms with van der Waals surface area (Å²) in [7, 11) is 0. The molecule has 0 spiro atoms. The molecule has 1 aliphatic rings. The Kier molecular flexibility index (Phi) is 4.40. The minimum Gasteiger partial charge on any atom is -0.346 e. The molecule has 0 unspecified atom stereocenters. The Morgan fingerprint density at radius 2 is 1.41 bits per heavy atom. The first-order chi connectivity index (χ1) is 14.2. The minimum absolute atomic E-state index is 0.0248. The third kappa shape index (κ3) is 3.21. The van der Waals surface area contributed by atoms with Gasteiger partial charge in [-0.1, -0.05) is 79.4 Å². The standard InChI is InChI=1S/C27H23NO/c1-2-27(29)28-26-14-13-23(22-12-11-18-7-3-4-8-19(18)15-22)24-16-20-9-5-6-10-21(20)17-25(24)26/h2-12,15-17,23,26H,1,13-14H2,(H,28,29)/t23-,26+/m1/s1. The van der Waals surface area contributed by atoms with E-state index in [4.69, 9.17) is 0 Å². The van der Waals surface area contributed by atoms with Crippen LogP contribution in [-0.4, -0.2) is 5.91 Å². The van der Waals surface area contributed by atoms with Crippen molar-refractivity contribution in [2.24, 2.45) is 0 Å². The molecule has 2 nitrogen and oxygen atoms in total. The Balaban J connectivity index is 1.65. The van der Waals surface area contributed by atoms with E-state index < -0.39 is 0 Å². The number of carbonyl (C=O) groups is 1. The van der Waals surface area contributed by atoms with Crippen LogP contribution in [0.4, 0.5) is 0 Å². The number of hydrogen-bond donors (Lipinski definition) is 1. The van der Waals surface area contributed by atoms with E-state index >= 15 is 0 Å².